The Kier molecular flexibility index (Phi) is 4.14. The topological polar surface area (TPSA) is 76.3 Å². The number of carbonyl (C=O) groups excluding carboxylic acids is 2. The van der Waals surface area contributed by atoms with Gasteiger partial charge in [0.1, 0.15) is 5.76 Å². The number of nitrogens with one attached hydrogen (secondary N) is 2. The van der Waals surface area contributed by atoms with Gasteiger partial charge in [-0.2, -0.15) is 0 Å². The number of hydrogen-bond donors (Lipinski definition) is 2. The summed E-state index contributed by atoms with van der Waals surface area (Å²) >= 11 is 0. The number of nitrogens with zero attached hydrogens (tertiary/aromatic N) is 1. The van der Waals surface area contributed by atoms with Gasteiger partial charge in [-0.15, -0.1) is 0 Å². The fourth-order valence-corrected chi connectivity index (χ4v) is 2.47. The minimum atomic E-state index is -0.340. The van der Waals surface area contributed by atoms with E-state index in [-0.39, 0.29) is 18.2 Å². The molecule has 6 nitrogen and oxygen atoms in total. The molecule has 2 amide bonds. The van der Waals surface area contributed by atoms with Crippen LogP contribution in [0.1, 0.15) is 22.5 Å². The number of rotatable bonds is 4. The summed E-state index contributed by atoms with van der Waals surface area (Å²) in [7, 11) is 1.88. The van der Waals surface area contributed by atoms with Crippen LogP contribution in [0, 0.1) is 0 Å². The van der Waals surface area contributed by atoms with E-state index < -0.39 is 0 Å². The highest BCUT2D eigenvalue weighted by atomic mass is 16.3. The lowest BCUT2D eigenvalue weighted by Crippen LogP contribution is -2.41. The summed E-state index contributed by atoms with van der Waals surface area (Å²) in [5.74, 6) is 0.128. The van der Waals surface area contributed by atoms with E-state index in [0.717, 1.165) is 16.7 Å². The number of hydrazine groups is 1. The summed E-state index contributed by atoms with van der Waals surface area (Å²) in [6.07, 6.45) is 4.04. The van der Waals surface area contributed by atoms with Gasteiger partial charge >= 0.3 is 0 Å². The van der Waals surface area contributed by atoms with E-state index in [4.69, 9.17) is 4.42 Å². The lowest BCUT2D eigenvalue weighted by Gasteiger charge is -2.06. The van der Waals surface area contributed by atoms with E-state index in [1.165, 1.54) is 0 Å². The molecule has 2 heterocycles. The van der Waals surface area contributed by atoms with Gasteiger partial charge in [0.25, 0.3) is 5.91 Å². The Hall–Kier alpha value is -3.02. The molecule has 3 aromatic rings. The number of amides is 2. The van der Waals surface area contributed by atoms with Gasteiger partial charge in [0.15, 0.2) is 0 Å². The van der Waals surface area contributed by atoms with Crippen molar-refractivity contribution < 1.29 is 14.0 Å². The Morgan fingerprint density at radius 1 is 1.13 bits per heavy atom. The van der Waals surface area contributed by atoms with Gasteiger partial charge in [0.05, 0.1) is 11.8 Å². The first-order valence-electron chi connectivity index (χ1n) is 7.31. The van der Waals surface area contributed by atoms with Gasteiger partial charge in [-0.1, -0.05) is 18.2 Å². The van der Waals surface area contributed by atoms with Crippen molar-refractivity contribution in [2.75, 3.05) is 0 Å². The second kappa shape index (κ2) is 6.39. The minimum absolute atomic E-state index is 0.239. The van der Waals surface area contributed by atoms with Gasteiger partial charge in [0, 0.05) is 37.0 Å². The molecule has 118 valence electrons. The first-order valence-corrected chi connectivity index (χ1v) is 7.31. The minimum Gasteiger partial charge on any atom is -0.469 e. The molecule has 0 aliphatic rings. The summed E-state index contributed by atoms with van der Waals surface area (Å²) in [5.41, 5.74) is 6.36. The van der Waals surface area contributed by atoms with Gasteiger partial charge < -0.3 is 8.98 Å². The molecular formula is C17H17N3O3. The quantitative estimate of drug-likeness (QED) is 0.725. The van der Waals surface area contributed by atoms with Crippen LogP contribution in [0.3, 0.4) is 0 Å². The van der Waals surface area contributed by atoms with Gasteiger partial charge in [-0.3, -0.25) is 20.4 Å². The van der Waals surface area contributed by atoms with Crippen molar-refractivity contribution in [2.45, 2.75) is 12.8 Å². The zero-order valence-corrected chi connectivity index (χ0v) is 12.7. The fraction of sp³-hybridized carbons (Fsp3) is 0.176. The van der Waals surface area contributed by atoms with Crippen LogP contribution in [0.25, 0.3) is 10.9 Å². The fourth-order valence-electron chi connectivity index (χ4n) is 2.47. The van der Waals surface area contributed by atoms with E-state index in [2.05, 4.69) is 10.9 Å². The maximum Gasteiger partial charge on any atom is 0.271 e. The molecule has 0 fully saturated rings. The Morgan fingerprint density at radius 2 is 1.96 bits per heavy atom. The molecule has 23 heavy (non-hydrogen) atoms. The zero-order valence-electron chi connectivity index (χ0n) is 12.7. The average Bonchev–Trinajstić information content (AvgIpc) is 3.19. The largest absolute Gasteiger partial charge is 0.469 e. The average molecular weight is 311 g/mol. The molecule has 0 aliphatic heterocycles. The molecule has 0 saturated carbocycles. The molecule has 2 N–H and O–H groups in total. The molecule has 0 spiro atoms. The monoisotopic (exact) mass is 311 g/mol. The predicted octanol–water partition coefficient (Wildman–Crippen LogP) is 2.17. The number of aromatic nitrogens is 1. The number of furan rings is 1. The summed E-state index contributed by atoms with van der Waals surface area (Å²) in [6.45, 7) is 0. The maximum atomic E-state index is 12.3. The van der Waals surface area contributed by atoms with Gasteiger partial charge in [0.2, 0.25) is 5.91 Å². The molecule has 0 aliphatic carbocycles. The van der Waals surface area contributed by atoms with Crippen molar-refractivity contribution in [1.29, 1.82) is 0 Å². The molecule has 1 aromatic carbocycles. The normalized spacial score (nSPS) is 10.7. The molecule has 6 heteroatoms. The molecule has 0 unspecified atom stereocenters. The molecular weight excluding hydrogens is 294 g/mol. The summed E-state index contributed by atoms with van der Waals surface area (Å²) in [6, 6.07) is 11.2. The summed E-state index contributed by atoms with van der Waals surface area (Å²) < 4.78 is 7.04. The van der Waals surface area contributed by atoms with Gasteiger partial charge in [-0.25, -0.2) is 0 Å². The van der Waals surface area contributed by atoms with Crippen LogP contribution in [-0.4, -0.2) is 16.4 Å². The summed E-state index contributed by atoms with van der Waals surface area (Å²) in [4.78, 5) is 24.0. The molecule has 2 aromatic heterocycles. The zero-order chi connectivity index (χ0) is 16.2. The third-order valence-corrected chi connectivity index (χ3v) is 3.64. The molecule has 0 bridgehead atoms. The van der Waals surface area contributed by atoms with Crippen LogP contribution in [0.2, 0.25) is 0 Å². The third kappa shape index (κ3) is 3.26. The van der Waals surface area contributed by atoms with Crippen LogP contribution in [0.4, 0.5) is 0 Å². The summed E-state index contributed by atoms with van der Waals surface area (Å²) in [5, 5.41) is 0.845. The molecule has 0 radical (unpaired) electrons. The number of hydrogen-bond acceptors (Lipinski definition) is 3. The first kappa shape index (κ1) is 14.9. The van der Waals surface area contributed by atoms with Crippen molar-refractivity contribution in [3.63, 3.8) is 0 Å². The van der Waals surface area contributed by atoms with Crippen LogP contribution in [-0.2, 0) is 18.3 Å². The lowest BCUT2D eigenvalue weighted by molar-refractivity contribution is -0.121. The highest BCUT2D eigenvalue weighted by molar-refractivity contribution is 6.07. The number of para-hydroxylation sites is 1. The SMILES string of the molecule is Cn1cc(C(=O)NNC(=O)CCc2ccco2)c2ccccc21. The van der Waals surface area contributed by atoms with Crippen LogP contribution in [0.5, 0.6) is 0 Å². The smallest absolute Gasteiger partial charge is 0.271 e. The van der Waals surface area contributed by atoms with E-state index in [0.29, 0.717) is 12.0 Å². The van der Waals surface area contributed by atoms with E-state index in [1.54, 1.807) is 18.5 Å². The standard InChI is InChI=1S/C17H17N3O3/c1-20-11-14(13-6-2-3-7-15(13)20)17(22)19-18-16(21)9-8-12-5-4-10-23-12/h2-7,10-11H,8-9H2,1H3,(H,18,21)(H,19,22). The number of fused-ring (bicyclic) bond motifs is 1. The van der Waals surface area contributed by atoms with E-state index >= 15 is 0 Å². The molecule has 0 saturated heterocycles. The van der Waals surface area contributed by atoms with Crippen molar-refractivity contribution >= 4 is 22.7 Å². The third-order valence-electron chi connectivity index (χ3n) is 3.64. The van der Waals surface area contributed by atoms with Crippen molar-refractivity contribution in [3.8, 4) is 0 Å². The molecule has 3 rings (SSSR count). The number of aryl methyl sites for hydroxylation is 2. The highest BCUT2D eigenvalue weighted by Crippen LogP contribution is 2.19. The Bertz CT molecular complexity index is 834. The second-order valence-electron chi connectivity index (χ2n) is 5.25. The first-order chi connectivity index (χ1) is 11.1. The predicted molar refractivity (Wildman–Crippen MR) is 85.6 cm³/mol. The lowest BCUT2D eigenvalue weighted by atomic mass is 10.2. The number of carbonyl (C=O) groups is 2. The van der Waals surface area contributed by atoms with E-state index in [1.807, 2.05) is 41.9 Å². The highest BCUT2D eigenvalue weighted by Gasteiger charge is 2.14. The van der Waals surface area contributed by atoms with Crippen LogP contribution < -0.4 is 10.9 Å². The van der Waals surface area contributed by atoms with Gasteiger partial charge in [-0.05, 0) is 18.2 Å². The maximum absolute atomic E-state index is 12.3. The second-order valence-corrected chi connectivity index (χ2v) is 5.25. The number of benzene rings is 1. The van der Waals surface area contributed by atoms with Crippen LogP contribution in [0.15, 0.2) is 53.3 Å². The Morgan fingerprint density at radius 3 is 2.74 bits per heavy atom. The molecule has 0 atom stereocenters. The van der Waals surface area contributed by atoms with Crippen molar-refractivity contribution in [3.05, 3.63) is 60.2 Å². The Labute approximate surface area is 133 Å². The van der Waals surface area contributed by atoms with Crippen LogP contribution >= 0.6 is 0 Å². The van der Waals surface area contributed by atoms with E-state index in [9.17, 15) is 9.59 Å². The Balaban J connectivity index is 1.59. The van der Waals surface area contributed by atoms with Crippen molar-refractivity contribution in [2.24, 2.45) is 7.05 Å². The van der Waals surface area contributed by atoms with Crippen molar-refractivity contribution in [1.82, 2.24) is 15.4 Å².